The van der Waals surface area contributed by atoms with Crippen LogP contribution in [0.3, 0.4) is 0 Å². The standard InChI is InChI=1S/C74H120O37/c1-27-40(79)46(85)59(111-61-49(88)43(82)32(77)23-97-61)67(102-27)107-55-33(78)24-98-64(52(55)91)109-57-41(80)28(2)101-66(54(57)93)104-35-25-99-62(50(89)44(35)83)110-58-45(84)34(21-75)103-63(53(58)92)100-26-36-56(108-60-48(87)42(81)31(76)22-96-60)47(86)51(90)65(105-36)106-39-13-14-71(7)37(70(39,5)6)12-15-73(9)38(71)11-10-29-30-20-69(3,4)16-18-74(30,68(94)95)19-17-72(29,73)8/h10,27-28,30-67,75-93H,11-26H2,1-9H3,(H,94,95). The molecule has 37 nitrogen and oxygen atoms in total. The Bertz CT molecular complexity index is 3180. The normalized spacial score (nSPS) is 54.8. The third-order valence-corrected chi connectivity index (χ3v) is 28.3. The first-order chi connectivity index (χ1) is 52.1. The Morgan fingerprint density at radius 1 is 0.432 bits per heavy atom. The molecule has 0 spiro atoms. The van der Waals surface area contributed by atoms with E-state index in [1.165, 1.54) is 19.4 Å². The SMILES string of the molecule is CC1OC(OC2C(O)COC(OC3C(O)C(C)OC(OC4COC(OC5C(O)C(CO)OC(OCC6OC(OC7CCC8(C)C(CCC9(C)C8CC=C8C%10CC(C)(C)CCC%10(C(=O)O)CCC89C)C7(C)C)C(O)C(O)C6OC6OCC(O)C(O)C6O)C5O)C(O)C4O)C3O)C2O)C(OC2OCC(O)C(O)C2O)C(O)C1O. The van der Waals surface area contributed by atoms with Crippen molar-refractivity contribution in [3.8, 4) is 0 Å². The quantitative estimate of drug-likeness (QED) is 0.0424. The van der Waals surface area contributed by atoms with Gasteiger partial charge in [0.25, 0.3) is 0 Å². The predicted molar refractivity (Wildman–Crippen MR) is 367 cm³/mol. The van der Waals surface area contributed by atoms with Crippen LogP contribution in [-0.2, 0) is 80.6 Å². The van der Waals surface area contributed by atoms with Crippen LogP contribution in [0.25, 0.3) is 0 Å². The van der Waals surface area contributed by atoms with Gasteiger partial charge in [0.05, 0.1) is 63.4 Å². The molecule has 0 bridgehead atoms. The first-order valence-electron chi connectivity index (χ1n) is 39.2. The van der Waals surface area contributed by atoms with Crippen molar-refractivity contribution in [1.29, 1.82) is 0 Å². The number of hydrogen-bond acceptors (Lipinski definition) is 36. The van der Waals surface area contributed by atoms with Gasteiger partial charge in [0.1, 0.15) is 159 Å². The monoisotopic (exact) mass is 1600 g/mol. The third-order valence-electron chi connectivity index (χ3n) is 28.3. The Labute approximate surface area is 641 Å². The summed E-state index contributed by atoms with van der Waals surface area (Å²) < 4.78 is 94.9. The van der Waals surface area contributed by atoms with Gasteiger partial charge in [-0.1, -0.05) is 60.1 Å². The molecule has 44 atom stereocenters. The lowest BCUT2D eigenvalue weighted by Gasteiger charge is -2.71. The summed E-state index contributed by atoms with van der Waals surface area (Å²) in [7, 11) is 0. The summed E-state index contributed by atoms with van der Waals surface area (Å²) in [5, 5.41) is 223. The molecule has 0 aromatic rings. The number of carboxylic acid groups (broad SMARTS) is 1. The summed E-state index contributed by atoms with van der Waals surface area (Å²) in [4.78, 5) is 13.3. The van der Waals surface area contributed by atoms with E-state index < -0.39 is 284 Å². The van der Waals surface area contributed by atoms with E-state index in [0.717, 1.165) is 44.9 Å². The third kappa shape index (κ3) is 15.6. The summed E-state index contributed by atoms with van der Waals surface area (Å²) in [5.41, 5.74) is -0.662. The smallest absolute Gasteiger partial charge is 0.310 e. The number of allylic oxidation sites excluding steroid dienone is 2. The molecular formula is C74H120O37. The Kier molecular flexibility index (Phi) is 25.8. The summed E-state index contributed by atoms with van der Waals surface area (Å²) in [6.45, 7) is 14.7. The fourth-order valence-corrected chi connectivity index (χ4v) is 21.2. The first-order valence-corrected chi connectivity index (χ1v) is 39.2. The van der Waals surface area contributed by atoms with E-state index in [9.17, 15) is 107 Å². The van der Waals surface area contributed by atoms with Crippen molar-refractivity contribution < 1.29 is 183 Å². The zero-order chi connectivity index (χ0) is 80.6. The fraction of sp³-hybridized carbons (Fsp3) is 0.959. The fourth-order valence-electron chi connectivity index (χ4n) is 21.2. The molecule has 4 saturated carbocycles. The molecule has 0 radical (unpaired) electrons. The Hall–Kier alpha value is -2.19. The van der Waals surface area contributed by atoms with Crippen LogP contribution in [0.15, 0.2) is 11.6 Å². The van der Waals surface area contributed by atoms with Crippen LogP contribution in [0.2, 0.25) is 0 Å². The minimum atomic E-state index is -2.10. The second kappa shape index (κ2) is 33.1. The highest BCUT2D eigenvalue weighted by atomic mass is 16.8. The molecule has 13 rings (SSSR count). The van der Waals surface area contributed by atoms with Gasteiger partial charge in [0.15, 0.2) is 50.3 Å². The van der Waals surface area contributed by atoms with Crippen LogP contribution in [0.5, 0.6) is 0 Å². The van der Waals surface area contributed by atoms with Gasteiger partial charge in [0.2, 0.25) is 0 Å². The first kappa shape index (κ1) is 86.7. The maximum absolute atomic E-state index is 13.3. The molecule has 0 aromatic heterocycles. The highest BCUT2D eigenvalue weighted by Crippen LogP contribution is 2.76. The van der Waals surface area contributed by atoms with E-state index >= 15 is 0 Å². The van der Waals surface area contributed by atoms with Gasteiger partial charge in [-0.2, -0.15) is 0 Å². The number of carboxylic acids is 1. The van der Waals surface area contributed by atoms with Crippen molar-refractivity contribution in [2.75, 3.05) is 39.6 Å². The maximum Gasteiger partial charge on any atom is 0.310 e. The van der Waals surface area contributed by atoms with Gasteiger partial charge >= 0.3 is 5.97 Å². The van der Waals surface area contributed by atoms with Gasteiger partial charge < -0.3 is 178 Å². The summed E-state index contributed by atoms with van der Waals surface area (Å²) in [6, 6.07) is 0. The molecule has 5 aliphatic carbocycles. The number of rotatable bonds is 19. The highest BCUT2D eigenvalue weighted by molar-refractivity contribution is 5.76. The molecule has 20 N–H and O–H groups in total. The summed E-state index contributed by atoms with van der Waals surface area (Å²) in [5.74, 6) is -0.443. The number of hydrogen-bond donors (Lipinski definition) is 20. The van der Waals surface area contributed by atoms with E-state index in [2.05, 4.69) is 54.5 Å². The Morgan fingerprint density at radius 2 is 0.928 bits per heavy atom. The van der Waals surface area contributed by atoms with Gasteiger partial charge in [-0.3, -0.25) is 4.79 Å². The second-order valence-corrected chi connectivity index (χ2v) is 35.7. The number of aliphatic carboxylic acids is 1. The molecule has 12 fully saturated rings. The van der Waals surface area contributed by atoms with Crippen molar-refractivity contribution >= 4 is 5.97 Å². The number of aliphatic hydroxyl groups is 19. The summed E-state index contributed by atoms with van der Waals surface area (Å²) >= 11 is 0. The van der Waals surface area contributed by atoms with Gasteiger partial charge in [0, 0.05) is 0 Å². The Morgan fingerprint density at radius 3 is 1.56 bits per heavy atom. The van der Waals surface area contributed by atoms with E-state index in [1.807, 2.05) is 0 Å². The number of ether oxygens (including phenoxy) is 16. The molecule has 111 heavy (non-hydrogen) atoms. The maximum atomic E-state index is 13.3. The molecule has 638 valence electrons. The molecule has 37 heteroatoms. The second-order valence-electron chi connectivity index (χ2n) is 35.7. The number of fused-ring (bicyclic) bond motifs is 7. The van der Waals surface area contributed by atoms with Gasteiger partial charge in [-0.25, -0.2) is 0 Å². The van der Waals surface area contributed by atoms with E-state index in [0.29, 0.717) is 19.3 Å². The van der Waals surface area contributed by atoms with Crippen molar-refractivity contribution in [3.63, 3.8) is 0 Å². The minimum Gasteiger partial charge on any atom is -0.481 e. The largest absolute Gasteiger partial charge is 0.481 e. The lowest BCUT2D eigenvalue weighted by molar-refractivity contribution is -0.387. The van der Waals surface area contributed by atoms with Gasteiger partial charge in [-0.05, 0) is 123 Å². The van der Waals surface area contributed by atoms with Crippen LogP contribution in [0.4, 0.5) is 0 Å². The summed E-state index contributed by atoms with van der Waals surface area (Å²) in [6.07, 6.45) is -53.8. The minimum absolute atomic E-state index is 0.00322. The lowest BCUT2D eigenvalue weighted by atomic mass is 9.33. The van der Waals surface area contributed by atoms with Crippen molar-refractivity contribution in [1.82, 2.24) is 0 Å². The average Bonchev–Trinajstić information content (AvgIpc) is 0.674. The average molecular weight is 1600 g/mol. The van der Waals surface area contributed by atoms with Crippen LogP contribution >= 0.6 is 0 Å². The molecule has 8 heterocycles. The van der Waals surface area contributed by atoms with Crippen LogP contribution < -0.4 is 0 Å². The van der Waals surface area contributed by atoms with Crippen LogP contribution in [0.1, 0.15) is 127 Å². The zero-order valence-electron chi connectivity index (χ0n) is 63.9. The van der Waals surface area contributed by atoms with E-state index in [-0.39, 0.29) is 39.4 Å². The van der Waals surface area contributed by atoms with E-state index in [4.69, 9.17) is 75.8 Å². The lowest BCUT2D eigenvalue weighted by Crippen LogP contribution is -2.67. The number of carbonyl (C=O) groups is 1. The van der Waals surface area contributed by atoms with Crippen molar-refractivity contribution in [3.05, 3.63) is 11.6 Å². The van der Waals surface area contributed by atoms with Crippen molar-refractivity contribution in [2.45, 2.75) is 354 Å². The van der Waals surface area contributed by atoms with Crippen molar-refractivity contribution in [2.24, 2.45) is 50.2 Å². The predicted octanol–water partition coefficient (Wildman–Crippen LogP) is -5.56. The topological polar surface area (TPSA) is 569 Å². The Balaban J connectivity index is 0.653. The molecule has 8 aliphatic heterocycles. The van der Waals surface area contributed by atoms with Gasteiger partial charge in [-0.15, -0.1) is 0 Å². The molecule has 13 aliphatic rings. The highest BCUT2D eigenvalue weighted by Gasteiger charge is 2.70. The number of aliphatic hydroxyl groups excluding tert-OH is 19. The molecule has 44 unspecified atom stereocenters. The van der Waals surface area contributed by atoms with Crippen LogP contribution in [-0.4, -0.2) is 375 Å². The van der Waals surface area contributed by atoms with E-state index in [1.54, 1.807) is 0 Å². The van der Waals surface area contributed by atoms with Crippen LogP contribution in [0, 0.1) is 50.2 Å². The zero-order valence-corrected chi connectivity index (χ0v) is 63.9. The molecule has 0 aromatic carbocycles. The molecule has 8 saturated heterocycles. The molecule has 0 amide bonds. The molecular weight excluding hydrogens is 1480 g/mol.